The van der Waals surface area contributed by atoms with E-state index in [0.29, 0.717) is 73.1 Å². The van der Waals surface area contributed by atoms with E-state index in [1.807, 2.05) is 48.2 Å². The fraction of sp³-hybridized carbons (Fsp3) is 0.490. The Morgan fingerprint density at radius 2 is 0.647 bits per heavy atom. The third-order valence-corrected chi connectivity index (χ3v) is 24.9. The second kappa shape index (κ2) is 56.2. The van der Waals surface area contributed by atoms with Gasteiger partial charge in [-0.25, -0.2) is 4.79 Å². The van der Waals surface area contributed by atoms with E-state index in [4.69, 9.17) is 51.4 Å². The Morgan fingerprint density at radius 3 is 0.925 bits per heavy atom. The number of carbonyl (C=O) groups is 13. The molecule has 8 rings (SSSR count). The number of hydrogen-bond donors (Lipinski definition) is 8. The lowest BCUT2D eigenvalue weighted by molar-refractivity contribution is -0.148. The Hall–Kier alpha value is -12.7. The van der Waals surface area contributed by atoms with Gasteiger partial charge in [-0.15, -0.1) is 0 Å². The molecular weight excluding hydrogens is 1730 g/mol. The summed E-state index contributed by atoms with van der Waals surface area (Å²) in [6.45, 7) is -4.55. The molecule has 4 atom stereocenters. The van der Waals surface area contributed by atoms with Crippen molar-refractivity contribution in [3.8, 4) is 34.5 Å². The van der Waals surface area contributed by atoms with Crippen LogP contribution in [0.1, 0.15) is 85.3 Å². The summed E-state index contributed by atoms with van der Waals surface area (Å²) in [5.41, 5.74) is 28.9. The van der Waals surface area contributed by atoms with Crippen molar-refractivity contribution in [2.45, 2.75) is 114 Å². The molecular formula is C96H133N17O19S. The number of urea groups is 1. The molecule has 0 bridgehead atoms. The van der Waals surface area contributed by atoms with Crippen LogP contribution >= 0.6 is 11.8 Å². The molecule has 2 heterocycles. The largest absolute Gasteiger partial charge is 0.497 e. The topological polar surface area (TPSA) is 459 Å². The highest BCUT2D eigenvalue weighted by Crippen LogP contribution is 2.33. The maximum atomic E-state index is 15.6. The molecule has 0 aromatic heterocycles. The number of thioether (sulfide) groups is 1. The van der Waals surface area contributed by atoms with Crippen LogP contribution in [0.4, 0.5) is 4.79 Å². The number of hydrogen-bond acceptors (Lipinski definition) is 23. The minimum atomic E-state index is -1.15. The second-order valence-corrected chi connectivity index (χ2v) is 33.9. The summed E-state index contributed by atoms with van der Waals surface area (Å²) >= 11 is 1.82. The number of rotatable bonds is 60. The Kier molecular flexibility index (Phi) is 44.6. The quantitative estimate of drug-likeness (QED) is 0.0201. The van der Waals surface area contributed by atoms with Gasteiger partial charge in [0, 0.05) is 109 Å². The van der Waals surface area contributed by atoms with Gasteiger partial charge < -0.3 is 117 Å². The molecule has 2 fully saturated rings. The molecule has 14 amide bonds. The van der Waals surface area contributed by atoms with Crippen LogP contribution in [0.3, 0.4) is 0 Å². The molecule has 0 radical (unpaired) electrons. The van der Waals surface area contributed by atoms with Gasteiger partial charge in [0.05, 0.1) is 114 Å². The van der Waals surface area contributed by atoms with Crippen molar-refractivity contribution in [2.75, 3.05) is 192 Å². The molecule has 2 saturated heterocycles. The number of ether oxygens (including phenoxy) is 6. The molecule has 12 N–H and O–H groups in total. The lowest BCUT2D eigenvalue weighted by Gasteiger charge is -2.33. The first-order valence-electron chi connectivity index (χ1n) is 45.1. The highest BCUT2D eigenvalue weighted by Gasteiger charge is 2.43. The minimum absolute atomic E-state index is 0.0308. The summed E-state index contributed by atoms with van der Waals surface area (Å²) in [6, 6.07) is 41.6. The van der Waals surface area contributed by atoms with Crippen LogP contribution in [0.15, 0.2) is 146 Å². The SMILES string of the molecule is COc1ccc(CCN(CC(=O)N[C@@H](CCCCNC(=O)CCCCC2SC[C@@H]3NC(=O)N[C@H]23)C(N)=O)C(=O)CN(CCc2ccc(OC)cc2)C(=O)CN(CCN)C(=O)CN(CCc2ccc(OC)cc2)C(=O)CN(CCc2ccc(OC)cc2)C(=O)CN(CCN)C(=O)CN(CCc2ccc(OC)cc2)C(=O)CN(CCc2ccc(OC)cc2)C(=O)CN(CCN)C(C)=O)cc1. The van der Waals surface area contributed by atoms with Gasteiger partial charge in [0.15, 0.2) is 0 Å². The molecule has 6 aromatic rings. The van der Waals surface area contributed by atoms with Gasteiger partial charge in [0.2, 0.25) is 70.9 Å². The van der Waals surface area contributed by atoms with Crippen LogP contribution in [-0.4, -0.2) is 337 Å². The lowest BCUT2D eigenvalue weighted by Crippen LogP contribution is -2.54. The highest BCUT2D eigenvalue weighted by molar-refractivity contribution is 8.00. The van der Waals surface area contributed by atoms with Crippen molar-refractivity contribution >= 4 is 88.7 Å². The lowest BCUT2D eigenvalue weighted by atomic mass is 10.0. The van der Waals surface area contributed by atoms with E-state index >= 15 is 33.6 Å². The van der Waals surface area contributed by atoms with Gasteiger partial charge in [-0.2, -0.15) is 11.8 Å². The first kappa shape index (κ1) is 106. The number of nitrogens with zero attached hydrogens (tertiary/aromatic N) is 9. The number of methoxy groups -OCH3 is 6. The van der Waals surface area contributed by atoms with Crippen molar-refractivity contribution in [1.82, 2.24) is 65.4 Å². The van der Waals surface area contributed by atoms with Crippen LogP contribution in [0.2, 0.25) is 0 Å². The third kappa shape index (κ3) is 35.7. The fourth-order valence-electron chi connectivity index (χ4n) is 15.4. The number of unbranched alkanes of at least 4 members (excludes halogenated alkanes) is 2. The standard InChI is InChI=1S/C96H133N17O19S/c1-68(114)105(55-45-97)59-86(117)107(50-40-70-17-29-76(128-3)30-18-70)61-88(119)110(53-43-73-23-35-79(131-6)36-24-73)63-92(123)113(57-47-99)66-91(122)109(52-42-72-21-33-78(130-5)34-22-72)62-89(120)111(54-44-74-25-37-80(132-7)38-26-74)64-93(124)112(56-46-98)65-90(121)108(51-41-71-19-31-77(129-4)32-20-71)60-87(118)106(49-39-69-15-27-75(127-2)28-16-69)58-85(116)102-81(95(100)125)12-10-11-48-101-84(115)14-9-8-13-83-94-82(67-133-83)103-96(126)104-94/h15-38,81-83,94H,8-14,39-67,97-99H2,1-7H3,(H2,100,125)(H,101,115)(H,102,116)(H2,103,104,126)/t81-,82-,83?,94-/m0/s1. The minimum Gasteiger partial charge on any atom is -0.497 e. The molecule has 2 aliphatic heterocycles. The number of fused-ring (bicyclic) bond motifs is 1. The van der Waals surface area contributed by atoms with E-state index in [-0.39, 0.29) is 153 Å². The second-order valence-electron chi connectivity index (χ2n) is 32.7. The maximum absolute atomic E-state index is 15.6. The van der Waals surface area contributed by atoms with E-state index < -0.39 is 123 Å². The summed E-state index contributed by atoms with van der Waals surface area (Å²) in [5, 5.41) is 11.9. The zero-order valence-corrected chi connectivity index (χ0v) is 78.4. The van der Waals surface area contributed by atoms with Crippen molar-refractivity contribution in [2.24, 2.45) is 22.9 Å². The van der Waals surface area contributed by atoms with Crippen molar-refractivity contribution < 1.29 is 90.8 Å². The van der Waals surface area contributed by atoms with Crippen LogP contribution in [0.25, 0.3) is 0 Å². The first-order valence-corrected chi connectivity index (χ1v) is 46.1. The Bertz CT molecular complexity index is 4730. The summed E-state index contributed by atoms with van der Waals surface area (Å²) < 4.78 is 32.5. The highest BCUT2D eigenvalue weighted by atomic mass is 32.2. The summed E-state index contributed by atoms with van der Waals surface area (Å²) in [7, 11) is 9.16. The molecule has 36 nitrogen and oxygen atoms in total. The number of benzene rings is 6. The molecule has 0 spiro atoms. The molecule has 37 heteroatoms. The molecule has 6 aromatic carbocycles. The molecule has 0 aliphatic carbocycles. The van der Waals surface area contributed by atoms with Gasteiger partial charge in [-0.05, 0) is 177 Å². The van der Waals surface area contributed by atoms with Gasteiger partial charge in [-0.3, -0.25) is 57.5 Å². The zero-order chi connectivity index (χ0) is 96.1. The summed E-state index contributed by atoms with van der Waals surface area (Å²) in [4.78, 5) is 198. The van der Waals surface area contributed by atoms with E-state index in [9.17, 15) is 28.8 Å². The van der Waals surface area contributed by atoms with Crippen molar-refractivity contribution in [3.63, 3.8) is 0 Å². The van der Waals surface area contributed by atoms with Crippen LogP contribution in [-0.2, 0) is 96.1 Å². The van der Waals surface area contributed by atoms with E-state index in [1.54, 1.807) is 109 Å². The average molecular weight is 1860 g/mol. The Labute approximate surface area is 783 Å². The Balaban J connectivity index is 1.02. The fourth-order valence-corrected chi connectivity index (χ4v) is 16.9. The summed E-state index contributed by atoms with van der Waals surface area (Å²) in [5.74, 6) is -3.13. The third-order valence-electron chi connectivity index (χ3n) is 23.4. The number of nitrogens with one attached hydrogen (secondary N) is 4. The average Bonchev–Trinajstić information content (AvgIpc) is 1.66. The number of nitrogens with two attached hydrogens (primary N) is 4. The van der Waals surface area contributed by atoms with E-state index in [1.165, 1.54) is 93.7 Å². The molecule has 0 saturated carbocycles. The normalized spacial score (nSPS) is 13.7. The number of carbonyl (C=O) groups excluding carboxylic acids is 13. The van der Waals surface area contributed by atoms with E-state index in [2.05, 4.69) is 21.3 Å². The van der Waals surface area contributed by atoms with Crippen LogP contribution < -0.4 is 72.6 Å². The predicted octanol–water partition coefficient (Wildman–Crippen LogP) is 2.83. The van der Waals surface area contributed by atoms with Crippen molar-refractivity contribution in [1.29, 1.82) is 0 Å². The zero-order valence-electron chi connectivity index (χ0n) is 77.6. The molecule has 722 valence electrons. The number of primary amides is 1. The molecule has 1 unspecified atom stereocenters. The van der Waals surface area contributed by atoms with Gasteiger partial charge in [-0.1, -0.05) is 79.2 Å². The maximum Gasteiger partial charge on any atom is 0.315 e. The number of amides is 14. The molecule has 133 heavy (non-hydrogen) atoms. The van der Waals surface area contributed by atoms with Gasteiger partial charge >= 0.3 is 6.03 Å². The van der Waals surface area contributed by atoms with Gasteiger partial charge in [0.25, 0.3) is 0 Å². The smallest absolute Gasteiger partial charge is 0.315 e. The predicted molar refractivity (Wildman–Crippen MR) is 504 cm³/mol. The monoisotopic (exact) mass is 1860 g/mol. The first-order chi connectivity index (χ1) is 64.1. The van der Waals surface area contributed by atoms with E-state index in [0.717, 1.165) is 52.0 Å². The van der Waals surface area contributed by atoms with Crippen LogP contribution in [0.5, 0.6) is 34.5 Å². The van der Waals surface area contributed by atoms with Gasteiger partial charge in [0.1, 0.15) is 40.5 Å². The van der Waals surface area contributed by atoms with Crippen LogP contribution in [0, 0.1) is 0 Å². The Morgan fingerprint density at radius 1 is 0.368 bits per heavy atom. The molecule has 2 aliphatic rings. The summed E-state index contributed by atoms with van der Waals surface area (Å²) in [6.07, 6.45) is 4.99. The van der Waals surface area contributed by atoms with Crippen molar-refractivity contribution in [3.05, 3.63) is 179 Å².